The number of rotatable bonds is 6. The van der Waals surface area contributed by atoms with Gasteiger partial charge < -0.3 is 20.4 Å². The lowest BCUT2D eigenvalue weighted by Gasteiger charge is -2.35. The average Bonchev–Trinajstić information content (AvgIpc) is 3.57. The number of nitrogens with one attached hydrogen (secondary N) is 2. The van der Waals surface area contributed by atoms with Gasteiger partial charge in [-0.15, -0.1) is 0 Å². The van der Waals surface area contributed by atoms with Crippen LogP contribution in [-0.2, 0) is 9.59 Å². The summed E-state index contributed by atoms with van der Waals surface area (Å²) >= 11 is 0. The summed E-state index contributed by atoms with van der Waals surface area (Å²) in [4.78, 5) is 39.8. The number of nitrogens with zero attached hydrogens (tertiary/aromatic N) is 2. The van der Waals surface area contributed by atoms with Crippen LogP contribution in [0.4, 0.5) is 23.2 Å². The molecule has 1 aliphatic heterocycles. The number of hydrogen-bond acceptors (Lipinski definition) is 4. The lowest BCUT2D eigenvalue weighted by atomic mass is 10.1. The highest BCUT2D eigenvalue weighted by atomic mass is 19.4. The fraction of sp³-hybridized carbons (Fsp3) is 0.550. The molecule has 2 fully saturated rings. The van der Waals surface area contributed by atoms with Gasteiger partial charge in [-0.3, -0.25) is 14.4 Å². The van der Waals surface area contributed by atoms with Gasteiger partial charge in [-0.05, 0) is 31.9 Å². The minimum atomic E-state index is -4.58. The monoisotopic (exact) mass is 444 g/mol. The topological polar surface area (TPSA) is 81.8 Å². The zero-order chi connectivity index (χ0) is 22.8. The Morgan fingerprint density at radius 3 is 2.26 bits per heavy atom. The molecule has 0 bridgehead atoms. The van der Waals surface area contributed by atoms with Gasteiger partial charge >= 0.3 is 6.18 Å². The van der Waals surface area contributed by atoms with Crippen molar-refractivity contribution < 1.29 is 31.9 Å². The first-order chi connectivity index (χ1) is 14.5. The number of amides is 3. The van der Waals surface area contributed by atoms with Gasteiger partial charge in [-0.25, -0.2) is 4.39 Å². The van der Waals surface area contributed by atoms with Gasteiger partial charge in [0.25, 0.3) is 5.91 Å². The second-order valence-corrected chi connectivity index (χ2v) is 7.76. The fourth-order valence-corrected chi connectivity index (χ4v) is 3.32. The van der Waals surface area contributed by atoms with Crippen molar-refractivity contribution in [2.24, 2.45) is 5.92 Å². The molecular weight excluding hydrogens is 420 g/mol. The highest BCUT2D eigenvalue weighted by Crippen LogP contribution is 2.31. The van der Waals surface area contributed by atoms with E-state index in [4.69, 9.17) is 0 Å². The highest BCUT2D eigenvalue weighted by Gasteiger charge is 2.35. The van der Waals surface area contributed by atoms with Crippen LogP contribution in [0.25, 0.3) is 0 Å². The maximum absolute atomic E-state index is 14.2. The van der Waals surface area contributed by atoms with E-state index in [0.29, 0.717) is 26.2 Å². The number of benzene rings is 1. The lowest BCUT2D eigenvalue weighted by molar-refractivity contribution is -0.139. The Morgan fingerprint density at radius 2 is 1.68 bits per heavy atom. The first-order valence-electron chi connectivity index (χ1n) is 10.0. The van der Waals surface area contributed by atoms with E-state index in [9.17, 15) is 31.9 Å². The average molecular weight is 444 g/mol. The molecular formula is C20H24F4N4O3. The van der Waals surface area contributed by atoms with Crippen molar-refractivity contribution in [1.29, 1.82) is 0 Å². The third-order valence-electron chi connectivity index (χ3n) is 5.36. The Bertz CT molecular complexity index is 863. The van der Waals surface area contributed by atoms with Crippen molar-refractivity contribution in [1.82, 2.24) is 15.1 Å². The van der Waals surface area contributed by atoms with E-state index in [1.54, 1.807) is 15.1 Å². The number of halogens is 4. The van der Waals surface area contributed by atoms with Crippen molar-refractivity contribution >= 4 is 23.4 Å². The van der Waals surface area contributed by atoms with E-state index in [-0.39, 0.29) is 41.1 Å². The summed E-state index contributed by atoms with van der Waals surface area (Å²) in [7, 11) is 0. The van der Waals surface area contributed by atoms with E-state index in [1.807, 2.05) is 0 Å². The summed E-state index contributed by atoms with van der Waals surface area (Å²) < 4.78 is 51.0. The Morgan fingerprint density at radius 1 is 1.06 bits per heavy atom. The zero-order valence-corrected chi connectivity index (χ0v) is 17.0. The summed E-state index contributed by atoms with van der Waals surface area (Å²) in [5.41, 5.74) is 0.00239. The summed E-state index contributed by atoms with van der Waals surface area (Å²) in [5, 5.41) is 4.46. The van der Waals surface area contributed by atoms with Crippen molar-refractivity contribution in [2.45, 2.75) is 25.9 Å². The second-order valence-electron chi connectivity index (χ2n) is 7.76. The van der Waals surface area contributed by atoms with Crippen molar-refractivity contribution in [3.05, 3.63) is 29.1 Å². The summed E-state index contributed by atoms with van der Waals surface area (Å²) in [6.45, 7) is 1.44. The van der Waals surface area contributed by atoms with Gasteiger partial charge in [0.15, 0.2) is 0 Å². The molecule has 0 radical (unpaired) electrons. The zero-order valence-electron chi connectivity index (χ0n) is 17.0. The van der Waals surface area contributed by atoms with Gasteiger partial charge in [0.1, 0.15) is 12.4 Å². The van der Waals surface area contributed by atoms with Crippen LogP contribution in [0.5, 0.6) is 0 Å². The van der Waals surface area contributed by atoms with Crippen LogP contribution < -0.4 is 10.6 Å². The number of alkyl halides is 3. The summed E-state index contributed by atoms with van der Waals surface area (Å²) in [6, 6.07) is 2.06. The number of hydrogen-bond donors (Lipinski definition) is 2. The van der Waals surface area contributed by atoms with Crippen LogP contribution in [0.15, 0.2) is 12.1 Å². The first kappa shape index (κ1) is 22.8. The predicted molar refractivity (Wildman–Crippen MR) is 104 cm³/mol. The van der Waals surface area contributed by atoms with E-state index < -0.39 is 24.4 Å². The van der Waals surface area contributed by atoms with E-state index in [1.165, 1.54) is 13.0 Å². The standard InChI is InChI=1S/C20H24F4N4O3/c1-12-15(21)8-14(18(30)26-11-20(22,23)24)9-16(12)25-10-17(29)27-4-6-28(7-5-27)19(31)13-2-3-13/h8-9,13,25H,2-7,10-11H2,1H3,(H,26,30). The molecule has 1 saturated carbocycles. The molecule has 1 aromatic carbocycles. The number of carbonyl (C=O) groups is 3. The number of carbonyl (C=O) groups excluding carboxylic acids is 3. The summed E-state index contributed by atoms with van der Waals surface area (Å²) in [6.07, 6.45) is -2.74. The number of piperazine rings is 1. The Hall–Kier alpha value is -2.85. The third-order valence-corrected chi connectivity index (χ3v) is 5.36. The molecule has 3 amide bonds. The predicted octanol–water partition coefficient (Wildman–Crippen LogP) is 1.92. The fourth-order valence-electron chi connectivity index (χ4n) is 3.32. The quantitative estimate of drug-likeness (QED) is 0.657. The van der Waals surface area contributed by atoms with Gasteiger partial charge in [0.05, 0.1) is 6.54 Å². The molecule has 1 saturated heterocycles. The maximum Gasteiger partial charge on any atom is 0.405 e. The van der Waals surface area contributed by atoms with Crippen LogP contribution in [0.1, 0.15) is 28.8 Å². The van der Waals surface area contributed by atoms with Gasteiger partial charge in [-0.2, -0.15) is 13.2 Å². The smallest absolute Gasteiger partial charge is 0.376 e. The normalized spacial score (nSPS) is 16.8. The minimum absolute atomic E-state index is 0.127. The Kier molecular flexibility index (Phi) is 6.71. The van der Waals surface area contributed by atoms with Gasteiger partial charge in [0, 0.05) is 48.9 Å². The largest absolute Gasteiger partial charge is 0.405 e. The van der Waals surface area contributed by atoms with Crippen LogP contribution >= 0.6 is 0 Å². The molecule has 1 aliphatic carbocycles. The van der Waals surface area contributed by atoms with E-state index >= 15 is 0 Å². The van der Waals surface area contributed by atoms with Crippen molar-refractivity contribution in [3.8, 4) is 0 Å². The van der Waals surface area contributed by atoms with Crippen LogP contribution in [0.3, 0.4) is 0 Å². The van der Waals surface area contributed by atoms with Crippen molar-refractivity contribution in [2.75, 3.05) is 44.6 Å². The molecule has 11 heteroatoms. The minimum Gasteiger partial charge on any atom is -0.376 e. The molecule has 2 N–H and O–H groups in total. The molecule has 31 heavy (non-hydrogen) atoms. The van der Waals surface area contributed by atoms with E-state index in [2.05, 4.69) is 5.32 Å². The maximum atomic E-state index is 14.2. The Labute approximate surface area is 176 Å². The molecule has 0 spiro atoms. The molecule has 3 rings (SSSR count). The molecule has 0 unspecified atom stereocenters. The lowest BCUT2D eigenvalue weighted by Crippen LogP contribution is -2.52. The van der Waals surface area contributed by atoms with E-state index in [0.717, 1.165) is 18.9 Å². The molecule has 7 nitrogen and oxygen atoms in total. The molecule has 0 aromatic heterocycles. The number of anilines is 1. The van der Waals surface area contributed by atoms with Crippen LogP contribution in [0.2, 0.25) is 0 Å². The molecule has 170 valence electrons. The second kappa shape index (κ2) is 9.11. The molecule has 1 aromatic rings. The Balaban J connectivity index is 1.55. The molecule has 2 aliphatic rings. The summed E-state index contributed by atoms with van der Waals surface area (Å²) in [5.74, 6) is -1.84. The molecule has 0 atom stereocenters. The third kappa shape index (κ3) is 6.08. The highest BCUT2D eigenvalue weighted by molar-refractivity contribution is 5.95. The van der Waals surface area contributed by atoms with Crippen molar-refractivity contribution in [3.63, 3.8) is 0 Å². The van der Waals surface area contributed by atoms with Gasteiger partial charge in [-0.1, -0.05) is 0 Å². The first-order valence-corrected chi connectivity index (χ1v) is 10.0. The SMILES string of the molecule is Cc1c(F)cc(C(=O)NCC(F)(F)F)cc1NCC(=O)N1CCN(C(=O)C2CC2)CC1. The molecule has 1 heterocycles. The van der Waals surface area contributed by atoms with Gasteiger partial charge in [0.2, 0.25) is 11.8 Å². The van der Waals surface area contributed by atoms with Crippen LogP contribution in [0, 0.1) is 18.7 Å². The van der Waals surface area contributed by atoms with Crippen LogP contribution in [-0.4, -0.2) is 73.0 Å².